The van der Waals surface area contributed by atoms with Gasteiger partial charge in [0.25, 0.3) is 0 Å². The molecule has 0 spiro atoms. The van der Waals surface area contributed by atoms with Crippen LogP contribution in [0.2, 0.25) is 0 Å². The van der Waals surface area contributed by atoms with Gasteiger partial charge in [-0.3, -0.25) is 33.6 Å². The first-order valence-electron chi connectivity index (χ1n) is 18.3. The number of carbonyl (C=O) groups is 8. The highest BCUT2D eigenvalue weighted by molar-refractivity contribution is 5.97. The lowest BCUT2D eigenvalue weighted by Gasteiger charge is -2.26. The van der Waals surface area contributed by atoms with Crippen molar-refractivity contribution in [1.82, 2.24) is 41.6 Å². The molecule has 5 amide bonds. The van der Waals surface area contributed by atoms with Gasteiger partial charge in [-0.25, -0.2) is 4.68 Å². The number of amides is 5. The van der Waals surface area contributed by atoms with Crippen LogP contribution in [-0.4, -0.2) is 97.9 Å². The average Bonchev–Trinajstić information content (AvgIpc) is 3.57. The number of ketones is 2. The lowest BCUT2D eigenvalue weighted by molar-refractivity contribution is -0.141. The van der Waals surface area contributed by atoms with E-state index in [1.54, 1.807) is 29.9 Å². The van der Waals surface area contributed by atoms with Gasteiger partial charge in [-0.1, -0.05) is 55.8 Å². The fraction of sp³-hybridized carbons (Fsp3) is 0.568. The van der Waals surface area contributed by atoms with Crippen molar-refractivity contribution >= 4 is 47.1 Å². The number of nitrogens with zero attached hydrogens (tertiary/aromatic N) is 3. The van der Waals surface area contributed by atoms with Crippen LogP contribution in [0.25, 0.3) is 0 Å². The Labute approximate surface area is 314 Å². The van der Waals surface area contributed by atoms with Crippen LogP contribution in [0.5, 0.6) is 0 Å². The van der Waals surface area contributed by atoms with Crippen LogP contribution < -0.4 is 26.6 Å². The summed E-state index contributed by atoms with van der Waals surface area (Å²) in [6.45, 7) is 6.01. The second-order valence-electron chi connectivity index (χ2n) is 13.8. The molecule has 0 saturated heterocycles. The van der Waals surface area contributed by atoms with E-state index in [0.717, 1.165) is 5.56 Å². The molecule has 6 atom stereocenters. The van der Waals surface area contributed by atoms with E-state index in [4.69, 9.17) is 0 Å². The van der Waals surface area contributed by atoms with Crippen LogP contribution in [0.1, 0.15) is 83.9 Å². The largest absolute Gasteiger partial charge is 0.481 e. The Morgan fingerprint density at radius 3 is 2.31 bits per heavy atom. The van der Waals surface area contributed by atoms with Crippen molar-refractivity contribution < 1.29 is 43.5 Å². The maximum atomic E-state index is 13.7. The third kappa shape index (κ3) is 13.8. The van der Waals surface area contributed by atoms with Gasteiger partial charge in [0.15, 0.2) is 5.78 Å². The topological polar surface area (TPSA) is 248 Å². The van der Waals surface area contributed by atoms with Crippen LogP contribution in [-0.2, 0) is 57.7 Å². The van der Waals surface area contributed by atoms with Crippen molar-refractivity contribution in [1.29, 1.82) is 0 Å². The average molecular weight is 753 g/mol. The molecule has 0 unspecified atom stereocenters. The lowest BCUT2D eigenvalue weighted by atomic mass is 9.93. The summed E-state index contributed by atoms with van der Waals surface area (Å²) in [5.74, 6) is -6.72. The Morgan fingerprint density at radius 2 is 1.67 bits per heavy atom. The van der Waals surface area contributed by atoms with Crippen LogP contribution in [0, 0.1) is 11.8 Å². The van der Waals surface area contributed by atoms with Crippen molar-refractivity contribution in [3.63, 3.8) is 0 Å². The zero-order chi connectivity index (χ0) is 39.8. The molecule has 0 aliphatic carbocycles. The molecule has 54 heavy (non-hydrogen) atoms. The van der Waals surface area contributed by atoms with E-state index in [1.165, 1.54) is 13.8 Å². The van der Waals surface area contributed by atoms with Crippen molar-refractivity contribution in [2.24, 2.45) is 11.8 Å². The summed E-state index contributed by atoms with van der Waals surface area (Å²) >= 11 is 0. The molecular weight excluding hydrogens is 700 g/mol. The molecule has 0 saturated carbocycles. The molecule has 3 rings (SSSR count). The highest BCUT2D eigenvalue weighted by atomic mass is 16.4. The molecule has 0 bridgehead atoms. The number of nitrogens with one attached hydrogen (secondary N) is 5. The van der Waals surface area contributed by atoms with Crippen LogP contribution in [0.15, 0.2) is 36.5 Å². The lowest BCUT2D eigenvalue weighted by Crippen LogP contribution is -2.57. The van der Waals surface area contributed by atoms with Gasteiger partial charge in [0.2, 0.25) is 29.5 Å². The Kier molecular flexibility index (Phi) is 16.9. The van der Waals surface area contributed by atoms with Crippen LogP contribution in [0.4, 0.5) is 0 Å². The van der Waals surface area contributed by atoms with Crippen LogP contribution >= 0.6 is 0 Å². The normalized spacial score (nSPS) is 22.1. The molecule has 0 radical (unpaired) electrons. The number of aliphatic carboxylic acids is 1. The quantitative estimate of drug-likeness (QED) is 0.183. The van der Waals surface area contributed by atoms with Gasteiger partial charge < -0.3 is 36.5 Å². The molecular formula is C37H52N8O9. The Bertz CT molecular complexity index is 1650. The number of carboxylic acids is 1. The van der Waals surface area contributed by atoms with Crippen molar-refractivity contribution in [2.45, 2.75) is 116 Å². The minimum Gasteiger partial charge on any atom is -0.481 e. The second kappa shape index (κ2) is 21.3. The molecule has 2 aromatic rings. The zero-order valence-electron chi connectivity index (χ0n) is 31.3. The van der Waals surface area contributed by atoms with E-state index in [-0.39, 0.29) is 36.7 Å². The maximum Gasteiger partial charge on any atom is 0.305 e. The van der Waals surface area contributed by atoms with E-state index in [0.29, 0.717) is 44.3 Å². The summed E-state index contributed by atoms with van der Waals surface area (Å²) in [6.07, 6.45) is 2.87. The zero-order valence-corrected chi connectivity index (χ0v) is 31.3. The van der Waals surface area contributed by atoms with Crippen LogP contribution in [0.3, 0.4) is 0 Å². The summed E-state index contributed by atoms with van der Waals surface area (Å²) in [5.41, 5.74) is 1.50. The summed E-state index contributed by atoms with van der Waals surface area (Å²) in [7, 11) is 0. The number of benzene rings is 1. The van der Waals surface area contributed by atoms with Crippen molar-refractivity contribution in [2.75, 3.05) is 6.54 Å². The highest BCUT2D eigenvalue weighted by Crippen LogP contribution is 2.17. The van der Waals surface area contributed by atoms with E-state index >= 15 is 0 Å². The van der Waals surface area contributed by atoms with Gasteiger partial charge >= 0.3 is 5.97 Å². The molecule has 2 heterocycles. The van der Waals surface area contributed by atoms with Gasteiger partial charge in [0, 0.05) is 18.9 Å². The number of aromatic nitrogens is 3. The number of carboxylic acid groups (broad SMARTS) is 1. The number of rotatable bonds is 11. The predicted molar refractivity (Wildman–Crippen MR) is 194 cm³/mol. The highest BCUT2D eigenvalue weighted by Gasteiger charge is 2.32. The van der Waals surface area contributed by atoms with E-state index in [1.807, 2.05) is 25.1 Å². The maximum absolute atomic E-state index is 13.7. The minimum atomic E-state index is -1.63. The monoisotopic (exact) mass is 752 g/mol. The Morgan fingerprint density at radius 1 is 0.944 bits per heavy atom. The third-order valence-corrected chi connectivity index (χ3v) is 9.42. The first-order chi connectivity index (χ1) is 25.7. The molecule has 6 N–H and O–H groups in total. The fourth-order valence-corrected chi connectivity index (χ4v) is 6.15. The van der Waals surface area contributed by atoms with Crippen molar-refractivity contribution in [3.8, 4) is 0 Å². The summed E-state index contributed by atoms with van der Waals surface area (Å²) in [6, 6.07) is 4.21. The molecule has 1 aliphatic heterocycles. The predicted octanol–water partition coefficient (Wildman–Crippen LogP) is 0.398. The molecule has 1 aromatic carbocycles. The van der Waals surface area contributed by atoms with Gasteiger partial charge in [-0.15, -0.1) is 5.10 Å². The minimum absolute atomic E-state index is 0.0431. The van der Waals surface area contributed by atoms with Gasteiger partial charge in [0.05, 0.1) is 30.9 Å². The summed E-state index contributed by atoms with van der Waals surface area (Å²) < 4.78 is 1.65. The first kappa shape index (κ1) is 42.9. The molecule has 1 aliphatic rings. The molecule has 294 valence electrons. The summed E-state index contributed by atoms with van der Waals surface area (Å²) in [5, 5.41) is 30.6. The van der Waals surface area contributed by atoms with E-state index in [2.05, 4.69) is 36.9 Å². The summed E-state index contributed by atoms with van der Waals surface area (Å²) in [4.78, 5) is 104. The van der Waals surface area contributed by atoms with Gasteiger partial charge in [-0.05, 0) is 63.9 Å². The molecule has 17 heteroatoms. The number of aryl methyl sites for hydroxylation is 2. The SMILES string of the molecule is CC[C@@H](C)[C@@H]1NC(=O)[C@@H](CC(C)=O)CCCn2nncc2CCC[C@@H](C(=O)N[C@@H](Cc2ccccc2)C(C)=O)NC(=O)[C@H](CC(=O)O)NC(=O)CNC1=O. The third-order valence-electron chi connectivity index (χ3n) is 9.42. The number of Topliss-reactive ketones (excluding diaryl/α,β-unsaturated/α-hetero) is 2. The molecule has 0 fully saturated rings. The smallest absolute Gasteiger partial charge is 0.305 e. The van der Waals surface area contributed by atoms with E-state index < -0.39 is 78.6 Å². The number of hydrogen-bond acceptors (Lipinski definition) is 10. The standard InChI is InChI=1S/C37H52N8O9/c1-5-22(2)33-37(54)38-21-31(48)40-30(19-32(49)50)36(53)41-28(35(52)42-29(24(4)47)18-25-11-7-6-8-12-25)15-9-14-27-20-39-44-45(27)16-10-13-26(17-23(3)46)34(51)43-33/h6-8,11-12,20,22,26,28-30,33H,5,9-10,13-19,21H2,1-4H3,(H,38,54)(H,40,48)(H,41,53)(H,42,52)(H,43,51)(H,49,50)/t22-,26-,28+,29+,30+,33+/m1/s1. The van der Waals surface area contributed by atoms with Crippen molar-refractivity contribution in [3.05, 3.63) is 47.8 Å². The second-order valence-corrected chi connectivity index (χ2v) is 13.8. The fourth-order valence-electron chi connectivity index (χ4n) is 6.15. The number of hydrogen-bond donors (Lipinski definition) is 6. The van der Waals surface area contributed by atoms with E-state index in [9.17, 15) is 43.5 Å². The molecule has 1 aromatic heterocycles. The Balaban J connectivity index is 1.93. The Hall–Kier alpha value is -5.48. The number of fused-ring (bicyclic) bond motifs is 1. The van der Waals surface area contributed by atoms with Gasteiger partial charge in [-0.2, -0.15) is 0 Å². The first-order valence-corrected chi connectivity index (χ1v) is 18.3. The number of carbonyl (C=O) groups excluding carboxylic acids is 7. The van der Waals surface area contributed by atoms with Gasteiger partial charge in [0.1, 0.15) is 23.9 Å². The molecule has 17 nitrogen and oxygen atoms in total.